The largest absolute Gasteiger partial charge is 0.0613 e. The lowest BCUT2D eigenvalue weighted by Crippen LogP contribution is -1.77. The number of benzene rings is 1. The van der Waals surface area contributed by atoms with Crippen LogP contribution in [0.25, 0.3) is 0 Å². The quantitative estimate of drug-likeness (QED) is 0.541. The molecule has 0 bridgehead atoms. The average Bonchev–Trinajstić information content (AvgIpc) is 2.03. The summed E-state index contributed by atoms with van der Waals surface area (Å²) in [6.07, 6.45) is -2.28. The lowest BCUT2D eigenvalue weighted by Gasteiger charge is -1.94. The van der Waals surface area contributed by atoms with Crippen LogP contribution in [0.1, 0.15) is 24.8 Å². The van der Waals surface area contributed by atoms with Gasteiger partial charge in [0.25, 0.3) is 0 Å². The predicted octanol–water partition coefficient (Wildman–Crippen LogP) is 2.56. The summed E-state index contributed by atoms with van der Waals surface area (Å²) in [6.45, 7) is -0.753. The summed E-state index contributed by atoms with van der Waals surface area (Å²) in [5.41, 5.74) is 1.18. The molecular formula is C9H12. The molecule has 0 aromatic heterocycles. The van der Waals surface area contributed by atoms with Gasteiger partial charge in [0.2, 0.25) is 0 Å². The monoisotopic (exact) mass is 125 g/mol. The third-order valence-corrected chi connectivity index (χ3v) is 1.20. The fourth-order valence-electron chi connectivity index (χ4n) is 0.637. The molecule has 1 rings (SSSR count). The van der Waals surface area contributed by atoms with Crippen molar-refractivity contribution >= 4 is 0 Å². The zero-order valence-corrected chi connectivity index (χ0v) is 5.31. The van der Waals surface area contributed by atoms with E-state index in [1.807, 2.05) is 6.92 Å². The van der Waals surface area contributed by atoms with Gasteiger partial charge in [-0.05, 0) is 18.9 Å². The highest BCUT2D eigenvalue weighted by molar-refractivity contribution is 5.20. The normalized spacial score (nSPS) is 20.8. The first-order valence-electron chi connectivity index (χ1n) is 5.32. The molecule has 0 saturated carbocycles. The molecule has 0 nitrogen and oxygen atoms in total. The molecule has 1 aromatic carbocycles. The molecule has 0 heteroatoms. The fraction of sp³-hybridized carbons (Fsp3) is 0.333. The van der Waals surface area contributed by atoms with Gasteiger partial charge < -0.3 is 0 Å². The van der Waals surface area contributed by atoms with Gasteiger partial charge in [0.1, 0.15) is 0 Å². The molecule has 1 aromatic rings. The lowest BCUT2D eigenvalue weighted by atomic mass is 10.1. The number of hydrogen-bond acceptors (Lipinski definition) is 0. The van der Waals surface area contributed by atoms with E-state index in [0.29, 0.717) is 0 Å². The van der Waals surface area contributed by atoms with E-state index in [2.05, 4.69) is 0 Å². The van der Waals surface area contributed by atoms with E-state index in [0.717, 1.165) is 5.56 Å². The Kier molecular flexibility index (Phi) is 0.729. The molecule has 0 N–H and O–H groups in total. The van der Waals surface area contributed by atoms with Gasteiger partial charge in [-0.2, -0.15) is 0 Å². The van der Waals surface area contributed by atoms with Crippen LogP contribution in [-0.4, -0.2) is 0 Å². The third-order valence-electron chi connectivity index (χ3n) is 1.20. The Hall–Kier alpha value is -0.780. The van der Waals surface area contributed by atoms with Crippen LogP contribution >= 0.6 is 0 Å². The molecular weight excluding hydrogens is 108 g/mol. The molecule has 0 atom stereocenters. The van der Waals surface area contributed by atoms with Gasteiger partial charge >= 0.3 is 0 Å². The summed E-state index contributed by atoms with van der Waals surface area (Å²) >= 11 is 0. The molecule has 0 saturated heterocycles. The van der Waals surface area contributed by atoms with Gasteiger partial charge in [0, 0.05) is 6.85 Å². The van der Waals surface area contributed by atoms with E-state index < -0.39 is 13.2 Å². The van der Waals surface area contributed by atoms with Crippen LogP contribution in [0.2, 0.25) is 0 Å². The molecule has 9 heavy (non-hydrogen) atoms. The maximum Gasteiger partial charge on any atom is 0.0313 e. The zero-order valence-electron chi connectivity index (χ0n) is 10.3. The number of rotatable bonds is 1. The Morgan fingerprint density at radius 3 is 2.67 bits per heavy atom. The highest BCUT2D eigenvalue weighted by Gasteiger charge is 1.84. The predicted molar refractivity (Wildman–Crippen MR) is 40.6 cm³/mol. The Labute approximate surface area is 63.6 Å². The van der Waals surface area contributed by atoms with Crippen LogP contribution < -0.4 is 0 Å². The summed E-state index contributed by atoms with van der Waals surface area (Å²) in [6, 6.07) is 6.45. The minimum Gasteiger partial charge on any atom is -0.0613 e. The molecule has 0 amide bonds. The first kappa shape index (κ1) is 2.45. The first-order chi connectivity index (χ1) is 6.25. The molecule has 0 aliphatic carbocycles. The van der Waals surface area contributed by atoms with Gasteiger partial charge in [0.05, 0.1) is 0 Å². The highest BCUT2D eigenvalue weighted by Crippen LogP contribution is 2.02. The maximum atomic E-state index is 7.49. The Balaban J connectivity index is 3.10. The van der Waals surface area contributed by atoms with Gasteiger partial charge in [-0.3, -0.25) is 0 Å². The van der Waals surface area contributed by atoms with Gasteiger partial charge in [-0.15, -0.1) is 0 Å². The summed E-state index contributed by atoms with van der Waals surface area (Å²) in [4.78, 5) is 0. The van der Waals surface area contributed by atoms with Crippen molar-refractivity contribution in [3.8, 4) is 0 Å². The van der Waals surface area contributed by atoms with Crippen molar-refractivity contribution in [2.45, 2.75) is 20.1 Å². The van der Waals surface area contributed by atoms with Crippen molar-refractivity contribution in [1.29, 1.82) is 0 Å². The fourth-order valence-corrected chi connectivity index (χ4v) is 0.637. The molecule has 0 heterocycles. The lowest BCUT2D eigenvalue weighted by molar-refractivity contribution is 1.14. The number of aryl methyl sites for hydroxylation is 2. The van der Waals surface area contributed by atoms with E-state index in [9.17, 15) is 0 Å². The van der Waals surface area contributed by atoms with E-state index in [4.69, 9.17) is 6.85 Å². The number of hydrogen-bond donors (Lipinski definition) is 0. The van der Waals surface area contributed by atoms with E-state index in [-0.39, 0.29) is 5.56 Å². The van der Waals surface area contributed by atoms with Crippen LogP contribution in [0, 0.1) is 6.92 Å². The average molecular weight is 125 g/mol. The van der Waals surface area contributed by atoms with E-state index in [1.54, 1.807) is 12.1 Å². The van der Waals surface area contributed by atoms with Gasteiger partial charge in [-0.25, -0.2) is 0 Å². The van der Waals surface area contributed by atoms with Gasteiger partial charge in [0.15, 0.2) is 0 Å². The molecule has 0 spiro atoms. The minimum atomic E-state index is -2.62. The Morgan fingerprint density at radius 1 is 1.44 bits per heavy atom. The minimum absolute atomic E-state index is 0.197. The second-order valence-electron chi connectivity index (χ2n) is 1.99. The summed E-state index contributed by atoms with van der Waals surface area (Å²) in [5, 5.41) is 0. The summed E-state index contributed by atoms with van der Waals surface area (Å²) < 4.78 is 36.2. The van der Waals surface area contributed by atoms with Crippen molar-refractivity contribution in [3.63, 3.8) is 0 Å². The van der Waals surface area contributed by atoms with E-state index >= 15 is 0 Å². The zero-order chi connectivity index (χ0) is 11.0. The molecule has 48 valence electrons. The highest BCUT2D eigenvalue weighted by atomic mass is 13.9. The standard InChI is InChI=1S/C9H12/c1-3-9-6-4-8(2)5-7-9/h4-7H,3H2,1-2H3/i1D3,3D2. The molecule has 0 fully saturated rings. The molecule has 0 unspecified atom stereocenters. The second kappa shape index (κ2) is 2.67. The second-order valence-corrected chi connectivity index (χ2v) is 1.99. The van der Waals surface area contributed by atoms with Crippen molar-refractivity contribution in [2.75, 3.05) is 0 Å². The van der Waals surface area contributed by atoms with Crippen molar-refractivity contribution in [2.24, 2.45) is 0 Å². The maximum absolute atomic E-state index is 7.49. The van der Waals surface area contributed by atoms with E-state index in [1.165, 1.54) is 12.1 Å². The Morgan fingerprint density at radius 2 is 2.11 bits per heavy atom. The molecule has 0 aliphatic rings. The van der Waals surface area contributed by atoms with Crippen molar-refractivity contribution in [1.82, 2.24) is 0 Å². The summed E-state index contributed by atoms with van der Waals surface area (Å²) in [7, 11) is 0. The molecule has 0 aliphatic heterocycles. The third kappa shape index (κ3) is 1.56. The summed E-state index contributed by atoms with van der Waals surface area (Å²) in [5.74, 6) is 0. The van der Waals surface area contributed by atoms with Crippen molar-refractivity contribution < 1.29 is 6.85 Å². The Bertz CT molecular complexity index is 309. The topological polar surface area (TPSA) is 0 Å². The molecule has 0 radical (unpaired) electrons. The van der Waals surface area contributed by atoms with Crippen LogP contribution in [0.15, 0.2) is 24.3 Å². The first-order valence-corrected chi connectivity index (χ1v) is 2.82. The smallest absolute Gasteiger partial charge is 0.0313 e. The van der Waals surface area contributed by atoms with Crippen LogP contribution in [0.3, 0.4) is 0 Å². The van der Waals surface area contributed by atoms with Crippen molar-refractivity contribution in [3.05, 3.63) is 35.4 Å². The van der Waals surface area contributed by atoms with Crippen LogP contribution in [0.4, 0.5) is 0 Å². The van der Waals surface area contributed by atoms with Gasteiger partial charge in [-0.1, -0.05) is 36.7 Å². The SMILES string of the molecule is [2H]C([2H])([2H])C([2H])([2H])c1ccc(C)cc1. The van der Waals surface area contributed by atoms with Crippen LogP contribution in [0.5, 0.6) is 0 Å². The van der Waals surface area contributed by atoms with Crippen LogP contribution in [-0.2, 0) is 6.37 Å².